The van der Waals surface area contributed by atoms with E-state index in [9.17, 15) is 9.59 Å². The minimum atomic E-state index is -0.249. The van der Waals surface area contributed by atoms with E-state index in [4.69, 9.17) is 4.42 Å². The maximum Gasteiger partial charge on any atom is 0.350 e. The van der Waals surface area contributed by atoms with Crippen molar-refractivity contribution in [3.8, 4) is 0 Å². The molecule has 7 heteroatoms. The van der Waals surface area contributed by atoms with E-state index < -0.39 is 0 Å². The molecule has 0 fully saturated rings. The predicted molar refractivity (Wildman–Crippen MR) is 97.4 cm³/mol. The molecule has 3 aromatic heterocycles. The minimum Gasteiger partial charge on any atom is -0.451 e. The molecular formula is C19H18N4O3. The number of nitrogens with one attached hydrogen (secondary N) is 1. The molecule has 0 aliphatic rings. The Morgan fingerprint density at radius 1 is 1.19 bits per heavy atom. The van der Waals surface area contributed by atoms with Crippen molar-refractivity contribution in [3.63, 3.8) is 0 Å². The maximum atomic E-state index is 12.4. The summed E-state index contributed by atoms with van der Waals surface area (Å²) in [6.45, 7) is 2.73. The van der Waals surface area contributed by atoms with Gasteiger partial charge in [0.1, 0.15) is 5.58 Å². The van der Waals surface area contributed by atoms with Gasteiger partial charge in [-0.05, 0) is 31.5 Å². The highest BCUT2D eigenvalue weighted by molar-refractivity contribution is 5.98. The number of carbonyl (C=O) groups excluding carboxylic acids is 1. The fraction of sp³-hybridized carbons (Fsp3) is 0.211. The van der Waals surface area contributed by atoms with Gasteiger partial charge in [0, 0.05) is 30.2 Å². The molecule has 26 heavy (non-hydrogen) atoms. The molecule has 1 amide bonds. The van der Waals surface area contributed by atoms with Crippen molar-refractivity contribution >= 4 is 22.5 Å². The van der Waals surface area contributed by atoms with Crippen LogP contribution in [0.2, 0.25) is 0 Å². The largest absolute Gasteiger partial charge is 0.451 e. The summed E-state index contributed by atoms with van der Waals surface area (Å²) in [4.78, 5) is 24.5. The Morgan fingerprint density at radius 2 is 2.00 bits per heavy atom. The van der Waals surface area contributed by atoms with Crippen LogP contribution in [-0.2, 0) is 6.54 Å². The minimum absolute atomic E-state index is 0.181. The highest BCUT2D eigenvalue weighted by atomic mass is 16.3. The topological polar surface area (TPSA) is 81.5 Å². The summed E-state index contributed by atoms with van der Waals surface area (Å²) in [6.07, 6.45) is 2.28. The molecule has 0 aliphatic carbocycles. The first-order chi connectivity index (χ1) is 12.6. The molecule has 0 unspecified atom stereocenters. The summed E-state index contributed by atoms with van der Waals surface area (Å²) in [6, 6.07) is 13.0. The molecular weight excluding hydrogens is 332 g/mol. The Morgan fingerprint density at radius 3 is 2.81 bits per heavy atom. The molecule has 4 rings (SSSR count). The van der Waals surface area contributed by atoms with E-state index in [-0.39, 0.29) is 11.6 Å². The molecule has 1 N–H and O–H groups in total. The Bertz CT molecular complexity index is 1150. The van der Waals surface area contributed by atoms with Crippen LogP contribution in [0, 0.1) is 6.92 Å². The Labute approximate surface area is 148 Å². The van der Waals surface area contributed by atoms with Crippen LogP contribution in [0.15, 0.2) is 57.9 Å². The number of fused-ring (bicyclic) bond motifs is 2. The van der Waals surface area contributed by atoms with Gasteiger partial charge >= 0.3 is 5.69 Å². The Hall–Kier alpha value is -3.35. The van der Waals surface area contributed by atoms with Crippen LogP contribution in [0.3, 0.4) is 0 Å². The van der Waals surface area contributed by atoms with Crippen molar-refractivity contribution < 1.29 is 9.21 Å². The SMILES string of the molecule is Cc1c(C(=O)NCCCn2nc3ccccn3c2=O)oc2ccccc12. The van der Waals surface area contributed by atoms with Gasteiger partial charge < -0.3 is 9.73 Å². The van der Waals surface area contributed by atoms with E-state index in [1.807, 2.05) is 37.3 Å². The molecule has 7 nitrogen and oxygen atoms in total. The predicted octanol–water partition coefficient (Wildman–Crippen LogP) is 2.37. The normalized spacial score (nSPS) is 11.3. The zero-order valence-corrected chi connectivity index (χ0v) is 14.3. The first kappa shape index (κ1) is 16.1. The summed E-state index contributed by atoms with van der Waals surface area (Å²) >= 11 is 0. The summed E-state index contributed by atoms with van der Waals surface area (Å²) in [5.41, 5.74) is 1.96. The number of carbonyl (C=O) groups is 1. The average Bonchev–Trinajstić information content (AvgIpc) is 3.17. The summed E-state index contributed by atoms with van der Waals surface area (Å²) in [5, 5.41) is 8.05. The van der Waals surface area contributed by atoms with Crippen LogP contribution < -0.4 is 11.0 Å². The number of pyridine rings is 1. The number of rotatable bonds is 5. The van der Waals surface area contributed by atoms with E-state index >= 15 is 0 Å². The second-order valence-electron chi connectivity index (χ2n) is 6.10. The summed E-state index contributed by atoms with van der Waals surface area (Å²) in [5.74, 6) is 0.0807. The number of amides is 1. The van der Waals surface area contributed by atoms with Crippen molar-refractivity contribution in [2.75, 3.05) is 6.54 Å². The van der Waals surface area contributed by atoms with Gasteiger partial charge in [0.25, 0.3) is 5.91 Å². The molecule has 0 atom stereocenters. The number of hydrogen-bond acceptors (Lipinski definition) is 4. The second kappa shape index (κ2) is 6.51. The van der Waals surface area contributed by atoms with Crippen molar-refractivity contribution in [2.45, 2.75) is 19.9 Å². The molecule has 1 aromatic carbocycles. The van der Waals surface area contributed by atoms with Crippen molar-refractivity contribution in [1.29, 1.82) is 0 Å². The highest BCUT2D eigenvalue weighted by Crippen LogP contribution is 2.24. The fourth-order valence-corrected chi connectivity index (χ4v) is 3.02. The lowest BCUT2D eigenvalue weighted by Gasteiger charge is -2.03. The van der Waals surface area contributed by atoms with Crippen molar-refractivity contribution in [3.05, 3.63) is 70.5 Å². The molecule has 0 spiro atoms. The third-order valence-corrected chi connectivity index (χ3v) is 4.37. The lowest BCUT2D eigenvalue weighted by molar-refractivity contribution is 0.0926. The summed E-state index contributed by atoms with van der Waals surface area (Å²) in [7, 11) is 0. The zero-order valence-electron chi connectivity index (χ0n) is 14.3. The lowest BCUT2D eigenvalue weighted by Crippen LogP contribution is -2.27. The molecule has 0 aliphatic heterocycles. The monoisotopic (exact) mass is 350 g/mol. The van der Waals surface area contributed by atoms with Gasteiger partial charge in [0.2, 0.25) is 0 Å². The summed E-state index contributed by atoms with van der Waals surface area (Å²) < 4.78 is 8.56. The van der Waals surface area contributed by atoms with Gasteiger partial charge in [-0.2, -0.15) is 0 Å². The fourth-order valence-electron chi connectivity index (χ4n) is 3.02. The van der Waals surface area contributed by atoms with Gasteiger partial charge in [-0.25, -0.2) is 9.48 Å². The van der Waals surface area contributed by atoms with Crippen LogP contribution in [0.4, 0.5) is 0 Å². The molecule has 4 aromatic rings. The first-order valence-corrected chi connectivity index (χ1v) is 8.45. The molecule has 0 saturated carbocycles. The van der Waals surface area contributed by atoms with Crippen molar-refractivity contribution in [1.82, 2.24) is 19.5 Å². The number of aromatic nitrogens is 3. The Balaban J connectivity index is 1.39. The van der Waals surface area contributed by atoms with E-state index in [1.165, 1.54) is 9.08 Å². The quantitative estimate of drug-likeness (QED) is 0.560. The Kier molecular flexibility index (Phi) is 4.04. The van der Waals surface area contributed by atoms with E-state index in [0.717, 1.165) is 10.9 Å². The molecule has 132 valence electrons. The molecule has 0 bridgehead atoms. The number of hydrogen-bond donors (Lipinski definition) is 1. The maximum absolute atomic E-state index is 12.4. The molecule has 3 heterocycles. The van der Waals surface area contributed by atoms with Crippen LogP contribution in [0.1, 0.15) is 22.5 Å². The van der Waals surface area contributed by atoms with E-state index in [0.29, 0.717) is 36.5 Å². The third kappa shape index (κ3) is 2.77. The number of furan rings is 1. The highest BCUT2D eigenvalue weighted by Gasteiger charge is 2.16. The number of aryl methyl sites for hydroxylation is 2. The van der Waals surface area contributed by atoms with E-state index in [2.05, 4.69) is 10.4 Å². The average molecular weight is 350 g/mol. The van der Waals surface area contributed by atoms with Crippen LogP contribution in [0.5, 0.6) is 0 Å². The number of para-hydroxylation sites is 1. The van der Waals surface area contributed by atoms with Gasteiger partial charge in [0.05, 0.1) is 0 Å². The van der Waals surface area contributed by atoms with Crippen LogP contribution in [-0.4, -0.2) is 26.6 Å². The van der Waals surface area contributed by atoms with Crippen LogP contribution in [0.25, 0.3) is 16.6 Å². The molecule has 0 saturated heterocycles. The standard InChI is InChI=1S/C19H18N4O3/c1-13-14-7-2-3-8-15(14)26-17(13)18(24)20-10-6-12-23-19(25)22-11-5-4-9-16(22)21-23/h2-5,7-9,11H,6,10,12H2,1H3,(H,20,24). The third-order valence-electron chi connectivity index (χ3n) is 4.37. The lowest BCUT2D eigenvalue weighted by atomic mass is 10.1. The molecule has 0 radical (unpaired) electrons. The van der Waals surface area contributed by atoms with Crippen molar-refractivity contribution in [2.24, 2.45) is 0 Å². The van der Waals surface area contributed by atoms with Gasteiger partial charge in [0.15, 0.2) is 11.4 Å². The van der Waals surface area contributed by atoms with E-state index in [1.54, 1.807) is 18.3 Å². The van der Waals surface area contributed by atoms with Gasteiger partial charge in [-0.1, -0.05) is 24.3 Å². The smallest absolute Gasteiger partial charge is 0.350 e. The second-order valence-corrected chi connectivity index (χ2v) is 6.10. The first-order valence-electron chi connectivity index (χ1n) is 8.45. The zero-order chi connectivity index (χ0) is 18.1. The number of benzene rings is 1. The van der Waals surface area contributed by atoms with Crippen LogP contribution >= 0.6 is 0 Å². The van der Waals surface area contributed by atoms with Gasteiger partial charge in [-0.15, -0.1) is 5.10 Å². The van der Waals surface area contributed by atoms with Gasteiger partial charge in [-0.3, -0.25) is 9.20 Å². The number of nitrogens with zero attached hydrogens (tertiary/aromatic N) is 3.